The van der Waals surface area contributed by atoms with Gasteiger partial charge in [0.25, 0.3) is 11.7 Å². The number of ketones is 1. The second-order valence-electron chi connectivity index (χ2n) is 7.45. The number of nitrogens with zero attached hydrogens (tertiary/aromatic N) is 2. The van der Waals surface area contributed by atoms with Crippen molar-refractivity contribution < 1.29 is 9.59 Å². The molecule has 0 spiro atoms. The Morgan fingerprint density at radius 2 is 1.63 bits per heavy atom. The first kappa shape index (κ1) is 19.5. The molecule has 0 saturated carbocycles. The fraction of sp³-hybridized carbons (Fsp3) is 0.120. The lowest BCUT2D eigenvalue weighted by Crippen LogP contribution is -2.24. The number of nitrogens with one attached hydrogen (secondary N) is 1. The quantitative estimate of drug-likeness (QED) is 0.389. The number of benzene rings is 2. The molecule has 4 aromatic rings. The van der Waals surface area contributed by atoms with Gasteiger partial charge in [-0.15, -0.1) is 0 Å². The van der Waals surface area contributed by atoms with Crippen LogP contribution in [0.5, 0.6) is 0 Å². The predicted octanol–water partition coefficient (Wildman–Crippen LogP) is 4.80. The largest absolute Gasteiger partial charge is 0.377 e. The van der Waals surface area contributed by atoms with E-state index in [0.29, 0.717) is 11.4 Å². The number of aryl methyl sites for hydroxylation is 1. The molecule has 2 heterocycles. The average molecular weight is 397 g/mol. The fourth-order valence-corrected chi connectivity index (χ4v) is 3.72. The van der Waals surface area contributed by atoms with Crippen molar-refractivity contribution in [2.75, 3.05) is 24.3 Å². The summed E-state index contributed by atoms with van der Waals surface area (Å²) in [6.45, 7) is 1.97. The standard InChI is InChI=1S/C25H23N3O2/c1-17-15-19(12-13-22(17)27(2)3)26-25(30)24(29)23-21(18-9-5-4-6-10-18)16-20-11-7-8-14-28(20)23/h4-16H,1-3H3,(H,26,30). The number of aromatic nitrogens is 1. The summed E-state index contributed by atoms with van der Waals surface area (Å²) in [5, 5.41) is 2.76. The van der Waals surface area contributed by atoms with Gasteiger partial charge in [0.05, 0.1) is 0 Å². The molecule has 0 saturated heterocycles. The number of hydrogen-bond donors (Lipinski definition) is 1. The highest BCUT2D eigenvalue weighted by Crippen LogP contribution is 2.29. The van der Waals surface area contributed by atoms with Crippen molar-refractivity contribution in [1.82, 2.24) is 4.40 Å². The van der Waals surface area contributed by atoms with E-state index in [0.717, 1.165) is 27.9 Å². The molecule has 2 aromatic carbocycles. The molecule has 0 unspecified atom stereocenters. The van der Waals surface area contributed by atoms with Crippen molar-refractivity contribution in [3.63, 3.8) is 0 Å². The van der Waals surface area contributed by atoms with Crippen molar-refractivity contribution in [3.8, 4) is 11.1 Å². The number of Topliss-reactive ketones (excluding diaryl/α,β-unsaturated/α-hetero) is 1. The van der Waals surface area contributed by atoms with Crippen LogP contribution in [0.3, 0.4) is 0 Å². The molecule has 0 aliphatic rings. The van der Waals surface area contributed by atoms with Crippen molar-refractivity contribution in [3.05, 3.63) is 90.3 Å². The van der Waals surface area contributed by atoms with Crippen LogP contribution in [0.2, 0.25) is 0 Å². The smallest absolute Gasteiger partial charge is 0.298 e. The maximum absolute atomic E-state index is 13.2. The molecule has 5 heteroatoms. The zero-order valence-electron chi connectivity index (χ0n) is 17.2. The van der Waals surface area contributed by atoms with Crippen LogP contribution in [-0.2, 0) is 4.79 Å². The minimum atomic E-state index is -0.659. The molecule has 1 N–H and O–H groups in total. The number of hydrogen-bond acceptors (Lipinski definition) is 3. The number of rotatable bonds is 5. The number of amides is 1. The van der Waals surface area contributed by atoms with Crippen LogP contribution in [0.15, 0.2) is 79.0 Å². The molecule has 0 atom stereocenters. The van der Waals surface area contributed by atoms with E-state index >= 15 is 0 Å². The van der Waals surface area contributed by atoms with Crippen molar-refractivity contribution in [2.45, 2.75) is 6.92 Å². The zero-order chi connectivity index (χ0) is 21.3. The van der Waals surface area contributed by atoms with E-state index < -0.39 is 11.7 Å². The summed E-state index contributed by atoms with van der Waals surface area (Å²) in [5.74, 6) is -1.23. The molecular formula is C25H23N3O2. The van der Waals surface area contributed by atoms with Gasteiger partial charge in [0, 0.05) is 42.7 Å². The normalized spacial score (nSPS) is 10.8. The maximum atomic E-state index is 13.2. The van der Waals surface area contributed by atoms with E-state index in [1.807, 2.05) is 98.7 Å². The zero-order valence-corrected chi connectivity index (χ0v) is 17.2. The Labute approximate surface area is 175 Å². The number of carbonyl (C=O) groups is 2. The van der Waals surface area contributed by atoms with Crippen LogP contribution in [0.25, 0.3) is 16.6 Å². The molecule has 5 nitrogen and oxygen atoms in total. The lowest BCUT2D eigenvalue weighted by molar-refractivity contribution is -0.112. The Kier molecular flexibility index (Phi) is 5.11. The lowest BCUT2D eigenvalue weighted by atomic mass is 10.0. The third-order valence-electron chi connectivity index (χ3n) is 5.12. The van der Waals surface area contributed by atoms with E-state index in [1.54, 1.807) is 10.6 Å². The van der Waals surface area contributed by atoms with Crippen LogP contribution in [0.1, 0.15) is 16.1 Å². The summed E-state index contributed by atoms with van der Waals surface area (Å²) < 4.78 is 1.77. The molecule has 30 heavy (non-hydrogen) atoms. The van der Waals surface area contributed by atoms with Gasteiger partial charge in [-0.2, -0.15) is 0 Å². The SMILES string of the molecule is Cc1cc(NC(=O)C(=O)c2c(-c3ccccc3)cc3ccccn23)ccc1N(C)C. The van der Waals surface area contributed by atoms with Crippen LogP contribution in [0, 0.1) is 6.92 Å². The first-order valence-corrected chi connectivity index (χ1v) is 9.75. The number of fused-ring (bicyclic) bond motifs is 1. The minimum Gasteiger partial charge on any atom is -0.377 e. The van der Waals surface area contributed by atoms with Crippen LogP contribution in [0.4, 0.5) is 11.4 Å². The Hall–Kier alpha value is -3.86. The molecule has 1 amide bonds. The molecule has 4 rings (SSSR count). The van der Waals surface area contributed by atoms with Gasteiger partial charge in [-0.05, 0) is 54.4 Å². The monoisotopic (exact) mass is 397 g/mol. The van der Waals surface area contributed by atoms with Gasteiger partial charge in [-0.25, -0.2) is 0 Å². The molecular weight excluding hydrogens is 374 g/mol. The Morgan fingerprint density at radius 3 is 2.33 bits per heavy atom. The van der Waals surface area contributed by atoms with Gasteiger partial charge in [0.1, 0.15) is 5.69 Å². The second kappa shape index (κ2) is 7.87. The van der Waals surface area contributed by atoms with Crippen LogP contribution < -0.4 is 10.2 Å². The van der Waals surface area contributed by atoms with Gasteiger partial charge in [-0.1, -0.05) is 36.4 Å². The Balaban J connectivity index is 1.71. The van der Waals surface area contributed by atoms with Crippen molar-refractivity contribution in [1.29, 1.82) is 0 Å². The number of anilines is 2. The Bertz CT molecular complexity index is 1240. The van der Waals surface area contributed by atoms with E-state index in [-0.39, 0.29) is 0 Å². The second-order valence-corrected chi connectivity index (χ2v) is 7.45. The maximum Gasteiger partial charge on any atom is 0.298 e. The molecule has 0 fully saturated rings. The average Bonchev–Trinajstić information content (AvgIpc) is 3.13. The first-order chi connectivity index (χ1) is 14.5. The lowest BCUT2D eigenvalue weighted by Gasteiger charge is -2.16. The summed E-state index contributed by atoms with van der Waals surface area (Å²) in [5.41, 5.74) is 5.52. The first-order valence-electron chi connectivity index (χ1n) is 9.75. The van der Waals surface area contributed by atoms with Crippen molar-refractivity contribution in [2.24, 2.45) is 0 Å². The highest BCUT2D eigenvalue weighted by molar-refractivity contribution is 6.47. The topological polar surface area (TPSA) is 53.8 Å². The minimum absolute atomic E-state index is 0.357. The van der Waals surface area contributed by atoms with Crippen LogP contribution >= 0.6 is 0 Å². The predicted molar refractivity (Wildman–Crippen MR) is 121 cm³/mol. The molecule has 150 valence electrons. The molecule has 0 aliphatic carbocycles. The summed E-state index contributed by atoms with van der Waals surface area (Å²) in [6, 6.07) is 22.9. The van der Waals surface area contributed by atoms with Gasteiger partial charge < -0.3 is 14.6 Å². The summed E-state index contributed by atoms with van der Waals surface area (Å²) in [6.07, 6.45) is 1.80. The summed E-state index contributed by atoms with van der Waals surface area (Å²) >= 11 is 0. The van der Waals surface area contributed by atoms with Gasteiger partial charge >= 0.3 is 0 Å². The fourth-order valence-electron chi connectivity index (χ4n) is 3.72. The summed E-state index contributed by atoms with van der Waals surface area (Å²) in [4.78, 5) is 28.1. The highest BCUT2D eigenvalue weighted by atomic mass is 16.2. The van der Waals surface area contributed by atoms with E-state index in [1.165, 1.54) is 0 Å². The third kappa shape index (κ3) is 3.57. The van der Waals surface area contributed by atoms with Gasteiger partial charge in [0.2, 0.25) is 0 Å². The van der Waals surface area contributed by atoms with Crippen molar-refractivity contribution >= 4 is 28.6 Å². The van der Waals surface area contributed by atoms with E-state index in [9.17, 15) is 9.59 Å². The molecule has 0 aliphatic heterocycles. The molecule has 0 bridgehead atoms. The molecule has 2 aromatic heterocycles. The van der Waals surface area contributed by atoms with Gasteiger partial charge in [0.15, 0.2) is 0 Å². The summed E-state index contributed by atoms with van der Waals surface area (Å²) in [7, 11) is 3.93. The van der Waals surface area contributed by atoms with E-state index in [2.05, 4.69) is 5.32 Å². The van der Waals surface area contributed by atoms with Gasteiger partial charge in [-0.3, -0.25) is 9.59 Å². The highest BCUT2D eigenvalue weighted by Gasteiger charge is 2.24. The number of pyridine rings is 1. The van der Waals surface area contributed by atoms with E-state index in [4.69, 9.17) is 0 Å². The Morgan fingerprint density at radius 1 is 0.900 bits per heavy atom. The third-order valence-corrected chi connectivity index (χ3v) is 5.12. The van der Waals surface area contributed by atoms with Crippen LogP contribution in [-0.4, -0.2) is 30.2 Å². The number of carbonyl (C=O) groups excluding carboxylic acids is 2. The molecule has 0 radical (unpaired) electrons.